The first-order chi connectivity index (χ1) is 17.1. The summed E-state index contributed by atoms with van der Waals surface area (Å²) in [5, 5.41) is 11.1. The van der Waals surface area contributed by atoms with Crippen LogP contribution in [0.15, 0.2) is 88.3 Å². The Morgan fingerprint density at radius 3 is 2.42 bits per heavy atom. The van der Waals surface area contributed by atoms with E-state index in [0.29, 0.717) is 11.3 Å². The first-order valence-electron chi connectivity index (χ1n) is 11.1. The van der Waals surface area contributed by atoms with Crippen LogP contribution in [0, 0.1) is 10.1 Å². The van der Waals surface area contributed by atoms with Gasteiger partial charge in [-0.25, -0.2) is 4.79 Å². The number of nitrogens with zero attached hydrogens (tertiary/aromatic N) is 1. The van der Waals surface area contributed by atoms with Crippen LogP contribution in [0.3, 0.4) is 0 Å². The fourth-order valence-corrected chi connectivity index (χ4v) is 3.43. The van der Waals surface area contributed by atoms with Crippen molar-refractivity contribution in [2.45, 2.75) is 26.2 Å². The molecule has 36 heavy (non-hydrogen) atoms. The molecule has 0 aliphatic rings. The van der Waals surface area contributed by atoms with Crippen molar-refractivity contribution in [3.63, 3.8) is 0 Å². The predicted octanol–water partition coefficient (Wildman–Crippen LogP) is 6.41. The molecule has 0 amide bonds. The number of nitro groups is 1. The SMILES string of the molecule is CC(C)(C)c1ccc(Oc2coc3cc(OC(=O)C=Cc4cccc([N+](=O)[O-])c4)ccc3c2=O)cc1. The molecule has 4 aromatic rings. The van der Waals surface area contributed by atoms with Gasteiger partial charge in [0.2, 0.25) is 11.2 Å². The Morgan fingerprint density at radius 2 is 1.72 bits per heavy atom. The fourth-order valence-electron chi connectivity index (χ4n) is 3.43. The Hall–Kier alpha value is -4.72. The molecule has 0 aliphatic heterocycles. The van der Waals surface area contributed by atoms with Gasteiger partial charge in [0.15, 0.2) is 0 Å². The van der Waals surface area contributed by atoms with E-state index in [4.69, 9.17) is 13.9 Å². The molecule has 8 heteroatoms. The third-order valence-corrected chi connectivity index (χ3v) is 5.37. The fraction of sp³-hybridized carbons (Fsp3) is 0.143. The summed E-state index contributed by atoms with van der Waals surface area (Å²) in [6.07, 6.45) is 3.78. The number of ether oxygens (including phenoxy) is 2. The highest BCUT2D eigenvalue weighted by molar-refractivity contribution is 5.89. The molecule has 0 atom stereocenters. The molecule has 0 radical (unpaired) electrons. The van der Waals surface area contributed by atoms with Crippen LogP contribution in [-0.2, 0) is 10.2 Å². The molecular weight excluding hydrogens is 462 g/mol. The van der Waals surface area contributed by atoms with Gasteiger partial charge in [0, 0.05) is 24.3 Å². The van der Waals surface area contributed by atoms with Gasteiger partial charge in [-0.3, -0.25) is 14.9 Å². The quantitative estimate of drug-likeness (QED) is 0.102. The van der Waals surface area contributed by atoms with Gasteiger partial charge >= 0.3 is 5.97 Å². The lowest BCUT2D eigenvalue weighted by molar-refractivity contribution is -0.384. The molecule has 1 aromatic heterocycles. The van der Waals surface area contributed by atoms with Crippen LogP contribution >= 0.6 is 0 Å². The van der Waals surface area contributed by atoms with Gasteiger partial charge in [-0.05, 0) is 46.9 Å². The van der Waals surface area contributed by atoms with Gasteiger partial charge in [-0.15, -0.1) is 0 Å². The van der Waals surface area contributed by atoms with Crippen molar-refractivity contribution in [3.8, 4) is 17.2 Å². The number of rotatable bonds is 6. The Kier molecular flexibility index (Phi) is 6.69. The maximum atomic E-state index is 12.9. The summed E-state index contributed by atoms with van der Waals surface area (Å²) in [4.78, 5) is 35.4. The highest BCUT2D eigenvalue weighted by Gasteiger charge is 2.15. The van der Waals surface area contributed by atoms with E-state index in [0.717, 1.165) is 11.6 Å². The summed E-state index contributed by atoms with van der Waals surface area (Å²) in [5.74, 6) is 0.0269. The van der Waals surface area contributed by atoms with Gasteiger partial charge in [-0.1, -0.05) is 45.0 Å². The molecule has 0 unspecified atom stereocenters. The van der Waals surface area contributed by atoms with Crippen LogP contribution in [-0.4, -0.2) is 10.9 Å². The monoisotopic (exact) mass is 485 g/mol. The number of nitro benzene ring substituents is 1. The van der Waals surface area contributed by atoms with Crippen LogP contribution in [0.2, 0.25) is 0 Å². The molecule has 182 valence electrons. The Balaban J connectivity index is 1.48. The zero-order valence-electron chi connectivity index (χ0n) is 19.9. The molecule has 3 aromatic carbocycles. The molecule has 0 bridgehead atoms. The number of esters is 1. The van der Waals surface area contributed by atoms with Gasteiger partial charge in [0.1, 0.15) is 23.3 Å². The lowest BCUT2D eigenvalue weighted by Crippen LogP contribution is -2.10. The number of benzene rings is 3. The van der Waals surface area contributed by atoms with Gasteiger partial charge in [0.25, 0.3) is 5.69 Å². The summed E-state index contributed by atoms with van der Waals surface area (Å²) in [5.41, 5.74) is 1.40. The predicted molar refractivity (Wildman–Crippen MR) is 135 cm³/mol. The Labute approximate surface area is 206 Å². The van der Waals surface area contributed by atoms with Crippen molar-refractivity contribution in [3.05, 3.63) is 111 Å². The molecule has 1 heterocycles. The number of fused-ring (bicyclic) bond motifs is 1. The summed E-state index contributed by atoms with van der Waals surface area (Å²) in [6.45, 7) is 6.33. The molecule has 0 saturated carbocycles. The average Bonchev–Trinajstić information content (AvgIpc) is 2.84. The van der Waals surface area contributed by atoms with E-state index in [2.05, 4.69) is 20.8 Å². The van der Waals surface area contributed by atoms with Gasteiger partial charge in [0.05, 0.1) is 10.3 Å². The smallest absolute Gasteiger partial charge is 0.336 e. The Morgan fingerprint density at radius 1 is 1.00 bits per heavy atom. The molecule has 8 nitrogen and oxygen atoms in total. The van der Waals surface area contributed by atoms with Crippen LogP contribution in [0.1, 0.15) is 31.9 Å². The number of non-ortho nitro benzene ring substituents is 1. The third-order valence-electron chi connectivity index (χ3n) is 5.37. The van der Waals surface area contributed by atoms with E-state index >= 15 is 0 Å². The first-order valence-corrected chi connectivity index (χ1v) is 11.1. The van der Waals surface area contributed by atoms with E-state index in [9.17, 15) is 19.7 Å². The first kappa shape index (κ1) is 24.4. The van der Waals surface area contributed by atoms with Crippen molar-refractivity contribution >= 4 is 28.7 Å². The molecule has 0 fully saturated rings. The zero-order chi connectivity index (χ0) is 25.9. The van der Waals surface area contributed by atoms with Crippen molar-refractivity contribution in [1.29, 1.82) is 0 Å². The molecule has 0 spiro atoms. The lowest BCUT2D eigenvalue weighted by Gasteiger charge is -2.19. The number of carbonyl (C=O) groups is 1. The topological polar surface area (TPSA) is 109 Å². The lowest BCUT2D eigenvalue weighted by atomic mass is 9.87. The molecule has 0 N–H and O–H groups in total. The second kappa shape index (κ2) is 9.87. The summed E-state index contributed by atoms with van der Waals surface area (Å²) in [7, 11) is 0. The van der Waals surface area contributed by atoms with Crippen molar-refractivity contribution in [2.75, 3.05) is 0 Å². The minimum absolute atomic E-state index is 0.000237. The zero-order valence-corrected chi connectivity index (χ0v) is 19.9. The second-order valence-electron chi connectivity index (χ2n) is 9.07. The minimum Gasteiger partial charge on any atom is -0.460 e. The highest BCUT2D eigenvalue weighted by atomic mass is 16.6. The highest BCUT2D eigenvalue weighted by Crippen LogP contribution is 2.27. The summed E-state index contributed by atoms with van der Waals surface area (Å²) >= 11 is 0. The number of hydrogen-bond donors (Lipinski definition) is 0. The van der Waals surface area contributed by atoms with Crippen molar-refractivity contribution < 1.29 is 23.6 Å². The van der Waals surface area contributed by atoms with Crippen LogP contribution in [0.25, 0.3) is 17.0 Å². The number of carbonyl (C=O) groups excluding carboxylic acids is 1. The Bertz CT molecular complexity index is 1530. The maximum Gasteiger partial charge on any atom is 0.336 e. The average molecular weight is 485 g/mol. The minimum atomic E-state index is -0.693. The molecule has 0 aliphatic carbocycles. The molecule has 0 saturated heterocycles. The second-order valence-corrected chi connectivity index (χ2v) is 9.07. The van der Waals surface area contributed by atoms with Crippen molar-refractivity contribution in [2.24, 2.45) is 0 Å². The van der Waals surface area contributed by atoms with Crippen LogP contribution in [0.4, 0.5) is 5.69 Å². The van der Waals surface area contributed by atoms with Crippen molar-refractivity contribution in [1.82, 2.24) is 0 Å². The third kappa shape index (κ3) is 5.67. The number of hydrogen-bond acceptors (Lipinski definition) is 7. The van der Waals surface area contributed by atoms with E-state index in [-0.39, 0.29) is 39.0 Å². The van der Waals surface area contributed by atoms with Crippen LogP contribution < -0.4 is 14.9 Å². The van der Waals surface area contributed by atoms with E-state index in [1.807, 2.05) is 12.1 Å². The van der Waals surface area contributed by atoms with Gasteiger partial charge < -0.3 is 13.9 Å². The largest absolute Gasteiger partial charge is 0.460 e. The standard InChI is InChI=1S/C28H23NO7/c1-28(2,3)19-8-10-21(11-9-19)35-25-17-34-24-16-22(12-13-23(24)27(25)31)36-26(30)14-7-18-5-4-6-20(15-18)29(32)33/h4-17H,1-3H3. The van der Waals surface area contributed by atoms with Crippen LogP contribution in [0.5, 0.6) is 17.2 Å². The summed E-state index contributed by atoms with van der Waals surface area (Å²) in [6, 6.07) is 17.7. The summed E-state index contributed by atoms with van der Waals surface area (Å²) < 4.78 is 16.6. The molecule has 4 rings (SSSR count). The molecular formula is C28H23NO7. The van der Waals surface area contributed by atoms with Gasteiger partial charge in [-0.2, -0.15) is 0 Å². The normalized spacial score (nSPS) is 11.5. The van der Waals surface area contributed by atoms with E-state index < -0.39 is 10.9 Å². The maximum absolute atomic E-state index is 12.9. The van der Waals surface area contributed by atoms with E-state index in [1.54, 1.807) is 18.2 Å². The van der Waals surface area contributed by atoms with E-state index in [1.165, 1.54) is 48.7 Å².